The Morgan fingerprint density at radius 2 is 2.00 bits per heavy atom. The Balaban J connectivity index is 2.82. The summed E-state index contributed by atoms with van der Waals surface area (Å²) in [5.74, 6) is 0.318. The topological polar surface area (TPSA) is 58.4 Å². The molecule has 0 aromatic heterocycles. The van der Waals surface area contributed by atoms with Gasteiger partial charge in [0.05, 0.1) is 12.2 Å². The number of halogens is 1. The van der Waals surface area contributed by atoms with Crippen LogP contribution in [-0.2, 0) is 11.3 Å². The molecule has 0 heterocycles. The molecule has 0 aliphatic carbocycles. The summed E-state index contributed by atoms with van der Waals surface area (Å²) < 4.78 is 0.987. The lowest BCUT2D eigenvalue weighted by molar-refractivity contribution is -0.116. The summed E-state index contributed by atoms with van der Waals surface area (Å²) >= 11 is 3.61. The van der Waals surface area contributed by atoms with Crippen LogP contribution in [0.15, 0.2) is 22.7 Å². The number of carbonyl (C=O) groups excluding carboxylic acids is 1. The summed E-state index contributed by atoms with van der Waals surface area (Å²) in [7, 11) is 0. The van der Waals surface area contributed by atoms with Crippen LogP contribution in [0.25, 0.3) is 0 Å². The predicted octanol–water partition coefficient (Wildman–Crippen LogP) is 2.89. The van der Waals surface area contributed by atoms with E-state index in [0.29, 0.717) is 5.92 Å². The van der Waals surface area contributed by atoms with Crippen LogP contribution in [0.2, 0.25) is 0 Å². The average Bonchev–Trinajstić information content (AvgIpc) is 2.35. The third kappa shape index (κ3) is 6.06. The third-order valence-corrected chi connectivity index (χ3v) is 3.79. The smallest absolute Gasteiger partial charge is 0.236 e. The zero-order chi connectivity index (χ0) is 16.0. The van der Waals surface area contributed by atoms with Crippen LogP contribution in [0.4, 0.5) is 5.69 Å². The number of nitrogens with zero attached hydrogens (tertiary/aromatic N) is 1. The normalized spacial score (nSPS) is 11.2. The molecule has 1 aromatic carbocycles. The summed E-state index contributed by atoms with van der Waals surface area (Å²) in [5, 5.41) is 3.42. The van der Waals surface area contributed by atoms with Crippen molar-refractivity contribution in [2.75, 3.05) is 18.0 Å². The molecule has 0 atom stereocenters. The summed E-state index contributed by atoms with van der Waals surface area (Å²) in [5.41, 5.74) is 7.55. The minimum absolute atomic E-state index is 0.207. The minimum atomic E-state index is -0.321. The Hall–Kier alpha value is -1.07. The number of benzene rings is 1. The average molecular weight is 356 g/mol. The molecule has 0 saturated heterocycles. The van der Waals surface area contributed by atoms with Crippen molar-refractivity contribution in [3.8, 4) is 0 Å². The number of hydrogen-bond acceptors (Lipinski definition) is 3. The van der Waals surface area contributed by atoms with Crippen molar-refractivity contribution in [1.29, 1.82) is 0 Å². The van der Waals surface area contributed by atoms with Crippen molar-refractivity contribution in [2.45, 2.75) is 40.3 Å². The highest BCUT2D eigenvalue weighted by molar-refractivity contribution is 9.10. The number of nitrogens with one attached hydrogen (secondary N) is 1. The van der Waals surface area contributed by atoms with Crippen LogP contribution in [0.3, 0.4) is 0 Å². The van der Waals surface area contributed by atoms with Crippen LogP contribution >= 0.6 is 15.9 Å². The maximum atomic E-state index is 11.2. The van der Waals surface area contributed by atoms with Crippen LogP contribution in [0.5, 0.6) is 0 Å². The van der Waals surface area contributed by atoms with Gasteiger partial charge in [-0.05, 0) is 59.9 Å². The molecule has 0 fully saturated rings. The second-order valence-corrected chi connectivity index (χ2v) is 6.85. The molecule has 0 bridgehead atoms. The first-order valence-electron chi connectivity index (χ1n) is 7.35. The number of carbonyl (C=O) groups is 1. The maximum Gasteiger partial charge on any atom is 0.236 e. The fourth-order valence-corrected chi connectivity index (χ4v) is 2.77. The van der Waals surface area contributed by atoms with Crippen molar-refractivity contribution in [3.63, 3.8) is 0 Å². The van der Waals surface area contributed by atoms with Gasteiger partial charge in [-0.2, -0.15) is 0 Å². The van der Waals surface area contributed by atoms with E-state index in [2.05, 4.69) is 47.2 Å². The monoisotopic (exact) mass is 355 g/mol. The summed E-state index contributed by atoms with van der Waals surface area (Å²) in [4.78, 5) is 13.2. The fraction of sp³-hybridized carbons (Fsp3) is 0.562. The number of amides is 1. The van der Waals surface area contributed by atoms with Gasteiger partial charge < -0.3 is 16.0 Å². The molecule has 118 valence electrons. The highest BCUT2D eigenvalue weighted by Gasteiger charge is 2.16. The van der Waals surface area contributed by atoms with E-state index >= 15 is 0 Å². The molecule has 0 saturated carbocycles. The Morgan fingerprint density at radius 1 is 1.33 bits per heavy atom. The number of nitrogens with two attached hydrogens (primary N) is 1. The van der Waals surface area contributed by atoms with Crippen LogP contribution in [0, 0.1) is 5.92 Å². The zero-order valence-electron chi connectivity index (χ0n) is 13.3. The van der Waals surface area contributed by atoms with Gasteiger partial charge in [0.25, 0.3) is 0 Å². The molecular formula is C16H26BrN3O. The van der Waals surface area contributed by atoms with E-state index in [1.165, 1.54) is 5.56 Å². The molecule has 21 heavy (non-hydrogen) atoms. The lowest BCUT2D eigenvalue weighted by atomic mass is 10.1. The van der Waals surface area contributed by atoms with Gasteiger partial charge in [0.15, 0.2) is 0 Å². The molecule has 0 spiro atoms. The van der Waals surface area contributed by atoms with Gasteiger partial charge >= 0.3 is 0 Å². The zero-order valence-corrected chi connectivity index (χ0v) is 14.9. The van der Waals surface area contributed by atoms with Gasteiger partial charge in [0.1, 0.15) is 0 Å². The van der Waals surface area contributed by atoms with E-state index in [0.717, 1.165) is 23.2 Å². The van der Waals surface area contributed by atoms with Crippen molar-refractivity contribution >= 4 is 27.5 Å². The van der Waals surface area contributed by atoms with Gasteiger partial charge in [-0.3, -0.25) is 4.79 Å². The van der Waals surface area contributed by atoms with E-state index in [4.69, 9.17) is 5.73 Å². The van der Waals surface area contributed by atoms with Crippen LogP contribution < -0.4 is 16.0 Å². The maximum absolute atomic E-state index is 11.2. The number of anilines is 1. The van der Waals surface area contributed by atoms with E-state index in [1.54, 1.807) is 0 Å². The van der Waals surface area contributed by atoms with E-state index in [9.17, 15) is 4.79 Å². The van der Waals surface area contributed by atoms with Crippen LogP contribution in [0.1, 0.15) is 33.3 Å². The molecule has 1 aromatic rings. The Morgan fingerprint density at radius 3 is 2.48 bits per heavy atom. The molecule has 0 aliphatic heterocycles. The quantitative estimate of drug-likeness (QED) is 0.753. The Kier molecular flexibility index (Phi) is 7.18. The van der Waals surface area contributed by atoms with Gasteiger partial charge in [-0.25, -0.2) is 0 Å². The van der Waals surface area contributed by atoms with Crippen molar-refractivity contribution in [1.82, 2.24) is 5.32 Å². The largest absolute Gasteiger partial charge is 0.368 e. The Bertz CT molecular complexity index is 475. The number of rotatable bonds is 8. The molecular weight excluding hydrogens is 330 g/mol. The van der Waals surface area contributed by atoms with Crippen molar-refractivity contribution in [3.05, 3.63) is 28.2 Å². The molecule has 3 N–H and O–H groups in total. The number of primary amides is 1. The first kappa shape index (κ1) is 18.0. The summed E-state index contributed by atoms with van der Waals surface area (Å²) in [6.45, 7) is 10.5. The van der Waals surface area contributed by atoms with E-state index in [-0.39, 0.29) is 18.5 Å². The van der Waals surface area contributed by atoms with Gasteiger partial charge in [-0.15, -0.1) is 0 Å². The number of hydrogen-bond donors (Lipinski definition) is 2. The summed E-state index contributed by atoms with van der Waals surface area (Å²) in [6, 6.07) is 6.43. The fourth-order valence-electron chi connectivity index (χ4n) is 2.11. The lowest BCUT2D eigenvalue weighted by Crippen LogP contribution is -2.38. The highest BCUT2D eigenvalue weighted by atomic mass is 79.9. The molecule has 0 radical (unpaired) electrons. The molecule has 1 amide bonds. The standard InChI is InChI=1S/C16H26BrN3O/c1-11(2)8-19-9-13-5-6-15(14(17)7-13)20(12(3)4)10-16(18)21/h5-7,11-12,19H,8-10H2,1-4H3,(H2,18,21). The van der Waals surface area contributed by atoms with Gasteiger partial charge in [0.2, 0.25) is 5.91 Å². The predicted molar refractivity (Wildman–Crippen MR) is 92.4 cm³/mol. The van der Waals surface area contributed by atoms with E-state index in [1.807, 2.05) is 24.8 Å². The lowest BCUT2D eigenvalue weighted by Gasteiger charge is -2.29. The third-order valence-electron chi connectivity index (χ3n) is 3.15. The second-order valence-electron chi connectivity index (χ2n) is 6.00. The SMILES string of the molecule is CC(C)CNCc1ccc(N(CC(N)=O)C(C)C)c(Br)c1. The minimum Gasteiger partial charge on any atom is -0.368 e. The molecule has 0 unspecified atom stereocenters. The highest BCUT2D eigenvalue weighted by Crippen LogP contribution is 2.28. The van der Waals surface area contributed by atoms with Crippen molar-refractivity contribution in [2.24, 2.45) is 11.7 Å². The van der Waals surface area contributed by atoms with Crippen LogP contribution in [-0.4, -0.2) is 25.0 Å². The second kappa shape index (κ2) is 8.39. The summed E-state index contributed by atoms with van der Waals surface area (Å²) in [6.07, 6.45) is 0. The van der Waals surface area contributed by atoms with Gasteiger partial charge in [-0.1, -0.05) is 19.9 Å². The first-order chi connectivity index (χ1) is 9.81. The molecule has 4 nitrogen and oxygen atoms in total. The molecule has 1 rings (SSSR count). The van der Waals surface area contributed by atoms with Crippen molar-refractivity contribution < 1.29 is 4.79 Å². The van der Waals surface area contributed by atoms with E-state index < -0.39 is 0 Å². The molecule has 0 aliphatic rings. The molecule has 5 heteroatoms. The Labute approximate surface area is 136 Å². The van der Waals surface area contributed by atoms with Gasteiger partial charge in [0, 0.05) is 17.1 Å². The first-order valence-corrected chi connectivity index (χ1v) is 8.14.